The van der Waals surface area contributed by atoms with E-state index in [2.05, 4.69) is 4.90 Å². The van der Waals surface area contributed by atoms with Crippen LogP contribution in [0.4, 0.5) is 13.2 Å². The van der Waals surface area contributed by atoms with Gasteiger partial charge in [0.15, 0.2) is 0 Å². The Morgan fingerprint density at radius 2 is 1.64 bits per heavy atom. The van der Waals surface area contributed by atoms with E-state index in [1.807, 2.05) is 30.3 Å². The van der Waals surface area contributed by atoms with Gasteiger partial charge in [-0.25, -0.2) is 0 Å². The highest BCUT2D eigenvalue weighted by atomic mass is 35.5. The van der Waals surface area contributed by atoms with Crippen molar-refractivity contribution in [2.75, 3.05) is 19.6 Å². The molecule has 136 valence electrons. The molecule has 3 rings (SSSR count). The normalized spacial score (nSPS) is 16.3. The maximum Gasteiger partial charge on any atom is 0.416 e. The summed E-state index contributed by atoms with van der Waals surface area (Å²) in [5, 5.41) is 0. The van der Waals surface area contributed by atoms with Crippen molar-refractivity contribution in [3.63, 3.8) is 0 Å². The summed E-state index contributed by atoms with van der Waals surface area (Å²) in [6.07, 6.45) is -2.33. The van der Waals surface area contributed by atoms with Crippen LogP contribution in [0.5, 0.6) is 5.75 Å². The van der Waals surface area contributed by atoms with Gasteiger partial charge in [-0.2, -0.15) is 13.2 Å². The lowest BCUT2D eigenvalue weighted by molar-refractivity contribution is -0.137. The van der Waals surface area contributed by atoms with Gasteiger partial charge in [-0.3, -0.25) is 4.90 Å². The van der Waals surface area contributed by atoms with Crippen LogP contribution in [-0.4, -0.2) is 24.5 Å². The Morgan fingerprint density at radius 1 is 0.960 bits per heavy atom. The topological polar surface area (TPSA) is 12.5 Å². The molecule has 0 aromatic heterocycles. The lowest BCUT2D eigenvalue weighted by atomic mass is 10.1. The molecular weight excluding hydrogens is 351 g/mol. The number of nitrogens with zero attached hydrogens (tertiary/aromatic N) is 1. The molecule has 0 amide bonds. The van der Waals surface area contributed by atoms with Crippen LogP contribution in [0.15, 0.2) is 54.6 Å². The smallest absolute Gasteiger partial charge is 0.416 e. The summed E-state index contributed by atoms with van der Waals surface area (Å²) in [5.74, 6) is 0.248. The van der Waals surface area contributed by atoms with Gasteiger partial charge in [0.1, 0.15) is 11.9 Å². The monoisotopic (exact) mass is 371 g/mol. The fourth-order valence-corrected chi connectivity index (χ4v) is 2.99. The molecule has 1 saturated heterocycles. The number of hydrogen-bond donors (Lipinski definition) is 0. The first-order chi connectivity index (χ1) is 11.5. The van der Waals surface area contributed by atoms with Crippen molar-refractivity contribution in [2.45, 2.75) is 25.1 Å². The Bertz CT molecular complexity index is 657. The predicted octanol–water partition coefficient (Wildman–Crippen LogP) is 5.34. The second-order valence-corrected chi connectivity index (χ2v) is 6.05. The molecule has 0 aliphatic carbocycles. The quantitative estimate of drug-likeness (QED) is 0.703. The largest absolute Gasteiger partial charge is 0.484 e. The van der Waals surface area contributed by atoms with E-state index >= 15 is 0 Å². The summed E-state index contributed by atoms with van der Waals surface area (Å²) in [6, 6.07) is 14.8. The standard InChI is InChI=1S/C19H20F3NO.ClH/c20-19(21,22)16-9-6-10-17(13-16)24-18(14-23-11-4-5-12-23)15-7-2-1-3-8-15;/h1-3,6-10,13,18H,4-5,11-12,14H2;1H. The molecule has 25 heavy (non-hydrogen) atoms. The van der Waals surface area contributed by atoms with E-state index in [4.69, 9.17) is 4.74 Å². The van der Waals surface area contributed by atoms with Gasteiger partial charge in [-0.15, -0.1) is 12.4 Å². The first-order valence-corrected chi connectivity index (χ1v) is 8.13. The van der Waals surface area contributed by atoms with E-state index in [0.717, 1.165) is 43.6 Å². The molecule has 1 atom stereocenters. The van der Waals surface area contributed by atoms with E-state index in [-0.39, 0.29) is 24.3 Å². The fourth-order valence-electron chi connectivity index (χ4n) is 2.99. The van der Waals surface area contributed by atoms with Gasteiger partial charge in [0.2, 0.25) is 0 Å². The lowest BCUT2D eigenvalue weighted by Crippen LogP contribution is -2.28. The zero-order valence-electron chi connectivity index (χ0n) is 13.7. The molecule has 1 unspecified atom stereocenters. The van der Waals surface area contributed by atoms with Crippen LogP contribution in [-0.2, 0) is 6.18 Å². The highest BCUT2D eigenvalue weighted by molar-refractivity contribution is 5.85. The first-order valence-electron chi connectivity index (χ1n) is 8.13. The number of likely N-dealkylation sites (tertiary alicyclic amines) is 1. The Labute approximate surface area is 152 Å². The molecule has 1 aliphatic heterocycles. The SMILES string of the molecule is Cl.FC(F)(F)c1cccc(OC(CN2CCCC2)c2ccccc2)c1. The zero-order valence-corrected chi connectivity index (χ0v) is 14.5. The minimum Gasteiger partial charge on any atom is -0.484 e. The van der Waals surface area contributed by atoms with Crippen molar-refractivity contribution < 1.29 is 17.9 Å². The van der Waals surface area contributed by atoms with Gasteiger partial charge >= 0.3 is 6.18 Å². The highest BCUT2D eigenvalue weighted by Gasteiger charge is 2.31. The minimum atomic E-state index is -4.36. The van der Waals surface area contributed by atoms with Gasteiger partial charge in [-0.05, 0) is 49.7 Å². The summed E-state index contributed by atoms with van der Waals surface area (Å²) in [5.41, 5.74) is 0.287. The van der Waals surface area contributed by atoms with Crippen LogP contribution in [0.25, 0.3) is 0 Å². The Morgan fingerprint density at radius 3 is 2.28 bits per heavy atom. The molecule has 1 fully saturated rings. The van der Waals surface area contributed by atoms with Gasteiger partial charge in [0.05, 0.1) is 5.56 Å². The average molecular weight is 372 g/mol. The van der Waals surface area contributed by atoms with Crippen molar-refractivity contribution in [1.29, 1.82) is 0 Å². The molecule has 1 aliphatic rings. The fraction of sp³-hybridized carbons (Fsp3) is 0.368. The van der Waals surface area contributed by atoms with Gasteiger partial charge in [-0.1, -0.05) is 36.4 Å². The summed E-state index contributed by atoms with van der Waals surface area (Å²) >= 11 is 0. The zero-order chi connectivity index (χ0) is 17.0. The third-order valence-corrected chi connectivity index (χ3v) is 4.23. The van der Waals surface area contributed by atoms with Crippen molar-refractivity contribution >= 4 is 12.4 Å². The molecular formula is C19H21ClF3NO. The van der Waals surface area contributed by atoms with Gasteiger partial charge < -0.3 is 4.74 Å². The molecule has 2 aromatic carbocycles. The number of ether oxygens (including phenoxy) is 1. The van der Waals surface area contributed by atoms with E-state index in [0.29, 0.717) is 6.54 Å². The van der Waals surface area contributed by atoms with Crippen LogP contribution in [0.1, 0.15) is 30.1 Å². The third-order valence-electron chi connectivity index (χ3n) is 4.23. The predicted molar refractivity (Wildman–Crippen MR) is 94.2 cm³/mol. The third kappa shape index (κ3) is 5.38. The lowest BCUT2D eigenvalue weighted by Gasteiger charge is -2.25. The summed E-state index contributed by atoms with van der Waals surface area (Å²) < 4.78 is 44.6. The number of benzene rings is 2. The number of halogens is 4. The molecule has 6 heteroatoms. The van der Waals surface area contributed by atoms with E-state index in [9.17, 15) is 13.2 Å². The number of alkyl halides is 3. The second-order valence-electron chi connectivity index (χ2n) is 6.05. The molecule has 2 nitrogen and oxygen atoms in total. The highest BCUT2D eigenvalue weighted by Crippen LogP contribution is 2.33. The molecule has 1 heterocycles. The Kier molecular flexibility index (Phi) is 6.73. The van der Waals surface area contributed by atoms with Crippen molar-refractivity contribution in [3.05, 3.63) is 65.7 Å². The van der Waals surface area contributed by atoms with E-state index in [1.165, 1.54) is 6.07 Å². The van der Waals surface area contributed by atoms with Crippen molar-refractivity contribution in [3.8, 4) is 5.75 Å². The average Bonchev–Trinajstić information content (AvgIpc) is 3.08. The van der Waals surface area contributed by atoms with Crippen molar-refractivity contribution in [2.24, 2.45) is 0 Å². The van der Waals surface area contributed by atoms with Crippen LogP contribution < -0.4 is 4.74 Å². The summed E-state index contributed by atoms with van der Waals surface area (Å²) in [7, 11) is 0. The molecule has 0 bridgehead atoms. The van der Waals surface area contributed by atoms with Crippen LogP contribution >= 0.6 is 12.4 Å². The van der Waals surface area contributed by atoms with Gasteiger partial charge in [0, 0.05) is 6.54 Å². The molecule has 2 aromatic rings. The molecule has 0 radical (unpaired) electrons. The molecule has 0 spiro atoms. The maximum atomic E-state index is 12.9. The summed E-state index contributed by atoms with van der Waals surface area (Å²) in [6.45, 7) is 2.70. The van der Waals surface area contributed by atoms with Crippen LogP contribution in [0, 0.1) is 0 Å². The molecule has 0 saturated carbocycles. The minimum absolute atomic E-state index is 0. The first kappa shape index (κ1) is 19.6. The van der Waals surface area contributed by atoms with E-state index in [1.54, 1.807) is 6.07 Å². The second kappa shape index (κ2) is 8.59. The van der Waals surface area contributed by atoms with E-state index < -0.39 is 11.7 Å². The van der Waals surface area contributed by atoms with Gasteiger partial charge in [0.25, 0.3) is 0 Å². The van der Waals surface area contributed by atoms with Crippen molar-refractivity contribution in [1.82, 2.24) is 4.90 Å². The number of hydrogen-bond acceptors (Lipinski definition) is 2. The summed E-state index contributed by atoms with van der Waals surface area (Å²) in [4.78, 5) is 2.30. The van der Waals surface area contributed by atoms with Crippen LogP contribution in [0.3, 0.4) is 0 Å². The maximum absolute atomic E-state index is 12.9. The Balaban J connectivity index is 0.00000225. The Hall–Kier alpha value is -1.72. The number of rotatable bonds is 5. The molecule has 0 N–H and O–H groups in total. The van der Waals surface area contributed by atoms with Crippen LogP contribution in [0.2, 0.25) is 0 Å².